The second-order valence-electron chi connectivity index (χ2n) is 22.7. The molecule has 0 saturated heterocycles. The molecule has 0 amide bonds. The first kappa shape index (κ1) is 56.8. The Labute approximate surface area is 498 Å². The Balaban J connectivity index is 0.941. The van der Waals surface area contributed by atoms with E-state index in [1.807, 2.05) is 12.1 Å². The molecule has 0 bridgehead atoms. The summed E-state index contributed by atoms with van der Waals surface area (Å²) in [6.45, 7) is 6.55. The second kappa shape index (κ2) is 26.5. The number of rotatable bonds is 25. The van der Waals surface area contributed by atoms with E-state index >= 15 is 9.59 Å². The lowest BCUT2D eigenvalue weighted by Crippen LogP contribution is -2.43. The van der Waals surface area contributed by atoms with Crippen LogP contribution in [-0.2, 0) is 15.0 Å². The highest BCUT2D eigenvalue weighted by molar-refractivity contribution is 6.20. The van der Waals surface area contributed by atoms with Gasteiger partial charge >= 0.3 is 0 Å². The average Bonchev–Trinajstić information content (AvgIpc) is 1.64. The molecule has 84 heavy (non-hydrogen) atoms. The molecule has 5 nitrogen and oxygen atoms in total. The zero-order chi connectivity index (χ0) is 57.8. The summed E-state index contributed by atoms with van der Waals surface area (Å²) in [6, 6.07) is 88.2. The third-order valence-corrected chi connectivity index (χ3v) is 17.1. The van der Waals surface area contributed by atoms with E-state index in [1.165, 1.54) is 5.56 Å². The molecule has 0 aliphatic heterocycles. The molecule has 1 aliphatic rings. The van der Waals surface area contributed by atoms with Crippen LogP contribution in [-0.4, -0.2) is 18.6 Å². The normalized spacial score (nSPS) is 12.1. The molecule has 10 aromatic carbocycles. The van der Waals surface area contributed by atoms with Crippen molar-refractivity contribution in [3.8, 4) is 44.5 Å². The van der Waals surface area contributed by atoms with Crippen molar-refractivity contribution in [3.05, 3.63) is 265 Å². The number of unbranched alkanes of at least 4 members (excludes halogenated alkanes) is 8. The first-order valence-corrected chi connectivity index (χ1v) is 30.6. The van der Waals surface area contributed by atoms with Gasteiger partial charge in [0.05, 0.1) is 0 Å². The van der Waals surface area contributed by atoms with Crippen LogP contribution in [0.3, 0.4) is 0 Å². The number of benzene rings is 10. The van der Waals surface area contributed by atoms with Crippen molar-refractivity contribution in [3.63, 3.8) is 0 Å². The van der Waals surface area contributed by atoms with E-state index in [0.29, 0.717) is 12.8 Å². The van der Waals surface area contributed by atoms with Crippen LogP contribution in [0.4, 0.5) is 45.5 Å². The van der Waals surface area contributed by atoms with Gasteiger partial charge in [-0.05, 0) is 185 Å². The molecule has 0 atom stereocenters. The number of carbonyl (C=O) groups is 2. The molecule has 0 radical (unpaired) electrons. The molecule has 0 saturated carbocycles. The quantitative estimate of drug-likeness (QED) is 0.0421. The molecule has 0 aromatic heterocycles. The summed E-state index contributed by atoms with van der Waals surface area (Å²) in [5.41, 5.74) is 18.3. The van der Waals surface area contributed by atoms with E-state index in [1.54, 1.807) is 0 Å². The van der Waals surface area contributed by atoms with E-state index in [9.17, 15) is 0 Å². The number of hydrogen-bond donors (Lipinski definition) is 0. The van der Waals surface area contributed by atoms with Gasteiger partial charge in [-0.1, -0.05) is 210 Å². The molecule has 0 fully saturated rings. The summed E-state index contributed by atoms with van der Waals surface area (Å²) >= 11 is 0. The lowest BCUT2D eigenvalue weighted by atomic mass is 9.68. The first-order valence-electron chi connectivity index (χ1n) is 30.6. The van der Waals surface area contributed by atoms with Crippen molar-refractivity contribution < 1.29 is 9.59 Å². The van der Waals surface area contributed by atoms with E-state index in [0.717, 1.165) is 165 Å². The molecule has 0 unspecified atom stereocenters. The Morgan fingerprint density at radius 1 is 0.321 bits per heavy atom. The summed E-state index contributed by atoms with van der Waals surface area (Å²) in [5, 5.41) is 0. The SMILES string of the molecule is CCCCCCCC(=O)C1(C(=O)CCCCCCC)c2cc(-c3ccc(N(c4ccccc4)c4ccc(C)cc4)cc3)ccc2-c2ccc(-c3ccc(N(c4ccccc4)c4ccc(-c5ccc(N(C)c6ccccc6)cc5)cc4)cc3)cc21. The summed E-state index contributed by atoms with van der Waals surface area (Å²) in [7, 11) is 2.10. The maximum absolute atomic E-state index is 15.8. The topological polar surface area (TPSA) is 43.9 Å². The molecule has 1 aliphatic carbocycles. The zero-order valence-electron chi connectivity index (χ0n) is 49.3. The van der Waals surface area contributed by atoms with Crippen LogP contribution < -0.4 is 14.7 Å². The van der Waals surface area contributed by atoms with Gasteiger partial charge in [0.1, 0.15) is 5.41 Å². The van der Waals surface area contributed by atoms with Crippen LogP contribution in [0.15, 0.2) is 249 Å². The van der Waals surface area contributed by atoms with Crippen molar-refractivity contribution in [1.29, 1.82) is 0 Å². The van der Waals surface area contributed by atoms with Gasteiger partial charge < -0.3 is 14.7 Å². The zero-order valence-corrected chi connectivity index (χ0v) is 49.3. The largest absolute Gasteiger partial charge is 0.345 e. The van der Waals surface area contributed by atoms with Crippen molar-refractivity contribution in [2.45, 2.75) is 103 Å². The van der Waals surface area contributed by atoms with Gasteiger partial charge in [-0.25, -0.2) is 0 Å². The van der Waals surface area contributed by atoms with Gasteiger partial charge in [-0.2, -0.15) is 0 Å². The fourth-order valence-electron chi connectivity index (χ4n) is 12.4. The van der Waals surface area contributed by atoms with Gasteiger partial charge in [0, 0.05) is 65.4 Å². The van der Waals surface area contributed by atoms with E-state index < -0.39 is 5.41 Å². The number of carbonyl (C=O) groups excluding carboxylic acids is 2. The maximum atomic E-state index is 15.8. The highest BCUT2D eigenvalue weighted by Crippen LogP contribution is 2.54. The standard InChI is InChI=1S/C79H77N3O2/c1-5-7-9-11-22-30-77(83)79(78(84)31-23-12-10-8-6-2)75-56-63(61-38-50-71(51-39-61)81(67-26-18-14-19-27-67)69-44-32-58(3)33-45-69)42-54-73(75)74-55-43-64(57-76(74)79)62-40-52-72(53-41-62)82(68-28-20-15-21-29-68)70-48-36-60(37-49-70)59-34-46-66(47-35-59)80(4)65-24-16-13-17-25-65/h13-21,24-29,32-57H,5-12,22-23,30-31H2,1-4H3. The summed E-state index contributed by atoms with van der Waals surface area (Å²) in [5.74, 6) is 0.0395. The third kappa shape index (κ3) is 12.1. The van der Waals surface area contributed by atoms with Crippen LogP contribution in [0.2, 0.25) is 0 Å². The number of aryl methyl sites for hydroxylation is 1. The van der Waals surface area contributed by atoms with Crippen molar-refractivity contribution in [2.75, 3.05) is 21.7 Å². The monoisotopic (exact) mass is 1100 g/mol. The van der Waals surface area contributed by atoms with Crippen molar-refractivity contribution in [1.82, 2.24) is 0 Å². The fraction of sp³-hybridized carbons (Fsp3) is 0.215. The van der Waals surface area contributed by atoms with Gasteiger partial charge in [-0.15, -0.1) is 0 Å². The first-order chi connectivity index (χ1) is 41.2. The van der Waals surface area contributed by atoms with Gasteiger partial charge in [-0.3, -0.25) is 9.59 Å². The summed E-state index contributed by atoms with van der Waals surface area (Å²) in [4.78, 5) is 38.3. The smallest absolute Gasteiger partial charge is 0.155 e. The number of ketones is 2. The third-order valence-electron chi connectivity index (χ3n) is 17.1. The Kier molecular flexibility index (Phi) is 17.9. The Hall–Kier alpha value is -9.06. The maximum Gasteiger partial charge on any atom is 0.155 e. The number of fused-ring (bicyclic) bond motifs is 3. The van der Waals surface area contributed by atoms with E-state index in [4.69, 9.17) is 0 Å². The number of hydrogen-bond acceptors (Lipinski definition) is 5. The Morgan fingerprint density at radius 2 is 0.607 bits per heavy atom. The van der Waals surface area contributed by atoms with Crippen LogP contribution in [0.1, 0.15) is 108 Å². The van der Waals surface area contributed by atoms with Gasteiger partial charge in [0.15, 0.2) is 11.6 Å². The minimum absolute atomic E-state index is 0.0198. The number of Topliss-reactive ketones (excluding diaryl/α,β-unsaturated/α-hetero) is 2. The van der Waals surface area contributed by atoms with Crippen molar-refractivity contribution in [2.24, 2.45) is 0 Å². The predicted molar refractivity (Wildman–Crippen MR) is 354 cm³/mol. The molecule has 10 aromatic rings. The minimum atomic E-state index is -1.43. The molecule has 0 heterocycles. The number of anilines is 8. The van der Waals surface area contributed by atoms with Gasteiger partial charge in [0.2, 0.25) is 0 Å². The summed E-state index contributed by atoms with van der Waals surface area (Å²) < 4.78 is 0. The van der Waals surface area contributed by atoms with Crippen LogP contribution in [0.25, 0.3) is 44.5 Å². The lowest BCUT2D eigenvalue weighted by Gasteiger charge is -2.30. The predicted octanol–water partition coefficient (Wildman–Crippen LogP) is 21.8. The van der Waals surface area contributed by atoms with Crippen LogP contribution in [0.5, 0.6) is 0 Å². The average molecular weight is 1100 g/mol. The molecular formula is C79H77N3O2. The van der Waals surface area contributed by atoms with Crippen molar-refractivity contribution >= 4 is 57.1 Å². The van der Waals surface area contributed by atoms with Gasteiger partial charge in [0.25, 0.3) is 0 Å². The van der Waals surface area contributed by atoms with E-state index in [2.05, 4.69) is 279 Å². The molecule has 420 valence electrons. The Morgan fingerprint density at radius 3 is 0.976 bits per heavy atom. The molecular weight excluding hydrogens is 1020 g/mol. The summed E-state index contributed by atoms with van der Waals surface area (Å²) in [6.07, 6.45) is 10.8. The highest BCUT2D eigenvalue weighted by Gasteiger charge is 2.53. The molecule has 5 heteroatoms. The lowest BCUT2D eigenvalue weighted by molar-refractivity contribution is -0.133. The Bertz CT molecular complexity index is 3760. The minimum Gasteiger partial charge on any atom is -0.345 e. The molecule has 0 N–H and O–H groups in total. The highest BCUT2D eigenvalue weighted by atomic mass is 16.2. The number of para-hydroxylation sites is 3. The van der Waals surface area contributed by atoms with E-state index in [-0.39, 0.29) is 11.6 Å². The second-order valence-corrected chi connectivity index (χ2v) is 22.7. The van der Waals surface area contributed by atoms with Crippen LogP contribution in [0, 0.1) is 6.92 Å². The van der Waals surface area contributed by atoms with Crippen LogP contribution >= 0.6 is 0 Å². The fourth-order valence-corrected chi connectivity index (χ4v) is 12.4. The molecule has 0 spiro atoms. The number of nitrogens with zero attached hydrogens (tertiary/aromatic N) is 3. The molecule has 11 rings (SSSR count).